The molecule has 2 saturated carbocycles. The number of fused-ring (bicyclic) bond motifs is 1. The Morgan fingerprint density at radius 3 is 2.66 bits per heavy atom. The van der Waals surface area contributed by atoms with Crippen molar-refractivity contribution in [1.82, 2.24) is 0 Å². The Morgan fingerprint density at radius 1 is 1.31 bits per heavy atom. The summed E-state index contributed by atoms with van der Waals surface area (Å²) >= 11 is 0. The van der Waals surface area contributed by atoms with E-state index in [1.54, 1.807) is 6.07 Å². The Labute approximate surface area is 173 Å². The first kappa shape index (κ1) is 21.7. The van der Waals surface area contributed by atoms with Gasteiger partial charge in [-0.25, -0.2) is 4.79 Å². The van der Waals surface area contributed by atoms with Crippen LogP contribution in [-0.4, -0.2) is 37.0 Å². The van der Waals surface area contributed by atoms with Crippen LogP contribution in [0.25, 0.3) is 0 Å². The van der Waals surface area contributed by atoms with Crippen LogP contribution in [-0.2, 0) is 11.2 Å². The van der Waals surface area contributed by atoms with Gasteiger partial charge >= 0.3 is 5.97 Å². The zero-order chi connectivity index (χ0) is 21.4. The monoisotopic (exact) mass is 402 g/mol. The number of carbonyl (C=O) groups is 1. The average molecular weight is 403 g/mol. The van der Waals surface area contributed by atoms with Crippen molar-refractivity contribution in [2.75, 3.05) is 20.8 Å². The Hall–Kier alpha value is -2.01. The Morgan fingerprint density at radius 2 is 2.03 bits per heavy atom. The highest BCUT2D eigenvalue weighted by Crippen LogP contribution is 2.62. The predicted octanol–water partition coefficient (Wildman–Crippen LogP) is 4.50. The lowest BCUT2D eigenvalue weighted by atomic mass is 9.45. The fourth-order valence-corrected chi connectivity index (χ4v) is 5.96. The molecule has 5 nitrogen and oxygen atoms in total. The van der Waals surface area contributed by atoms with Crippen LogP contribution in [0.1, 0.15) is 61.9 Å². The minimum atomic E-state index is -0.477. The molecule has 2 aliphatic carbocycles. The number of rotatable bonds is 5. The van der Waals surface area contributed by atoms with Crippen molar-refractivity contribution >= 4 is 5.97 Å². The molecule has 0 radical (unpaired) electrons. The second-order valence-electron chi connectivity index (χ2n) is 9.15. The normalized spacial score (nSPS) is 31.8. The van der Waals surface area contributed by atoms with Gasteiger partial charge in [-0.15, -0.1) is 0 Å². The van der Waals surface area contributed by atoms with Crippen LogP contribution in [0.2, 0.25) is 0 Å². The van der Waals surface area contributed by atoms with Gasteiger partial charge in [0.1, 0.15) is 0 Å². The zero-order valence-corrected chi connectivity index (χ0v) is 18.1. The smallest absolute Gasteiger partial charge is 0.337 e. The first-order valence-corrected chi connectivity index (χ1v) is 10.5. The number of methoxy groups -OCH3 is 2. The molecule has 0 aliphatic heterocycles. The molecule has 1 aromatic carbocycles. The van der Waals surface area contributed by atoms with Crippen LogP contribution in [0.5, 0.6) is 11.5 Å². The molecule has 0 aromatic heterocycles. The number of phenols is 1. The minimum absolute atomic E-state index is 0.00679. The van der Waals surface area contributed by atoms with Gasteiger partial charge in [0, 0.05) is 12.0 Å². The fourth-order valence-electron chi connectivity index (χ4n) is 5.96. The van der Waals surface area contributed by atoms with Crippen molar-refractivity contribution in [3.05, 3.63) is 35.4 Å². The van der Waals surface area contributed by atoms with Crippen molar-refractivity contribution in [2.45, 2.75) is 52.4 Å². The van der Waals surface area contributed by atoms with Gasteiger partial charge in [0.15, 0.2) is 11.5 Å². The molecule has 0 spiro atoms. The van der Waals surface area contributed by atoms with E-state index >= 15 is 0 Å². The molecule has 0 unspecified atom stereocenters. The molecule has 4 atom stereocenters. The highest BCUT2D eigenvalue weighted by Gasteiger charge is 2.56. The lowest BCUT2D eigenvalue weighted by Crippen LogP contribution is -2.54. The third-order valence-corrected chi connectivity index (χ3v) is 7.93. The topological polar surface area (TPSA) is 76.0 Å². The molecule has 2 fully saturated rings. The summed E-state index contributed by atoms with van der Waals surface area (Å²) in [5.74, 6) is 0.355. The number of phenolic OH excluding ortho intramolecular Hbond substituents is 1. The van der Waals surface area contributed by atoms with Crippen LogP contribution in [0.15, 0.2) is 24.3 Å². The number of allylic oxidation sites excluding steroid dienone is 1. The van der Waals surface area contributed by atoms with E-state index in [0.29, 0.717) is 17.5 Å². The number of esters is 1. The number of aromatic hydroxyl groups is 1. The largest absolute Gasteiger partial charge is 0.504 e. The van der Waals surface area contributed by atoms with Crippen LogP contribution >= 0.6 is 0 Å². The summed E-state index contributed by atoms with van der Waals surface area (Å²) in [7, 11) is 2.80. The summed E-state index contributed by atoms with van der Waals surface area (Å²) in [6, 6.07) is 3.17. The maximum Gasteiger partial charge on any atom is 0.337 e. The van der Waals surface area contributed by atoms with Crippen LogP contribution in [0.3, 0.4) is 0 Å². The van der Waals surface area contributed by atoms with Crippen molar-refractivity contribution < 1.29 is 24.5 Å². The van der Waals surface area contributed by atoms with Crippen molar-refractivity contribution in [3.8, 4) is 11.5 Å². The van der Waals surface area contributed by atoms with E-state index in [2.05, 4.69) is 20.4 Å². The molecular formula is C24H34O5. The van der Waals surface area contributed by atoms with E-state index in [-0.39, 0.29) is 35.4 Å². The number of benzene rings is 1. The van der Waals surface area contributed by atoms with Gasteiger partial charge < -0.3 is 19.7 Å². The number of carbonyl (C=O) groups excluding carboxylic acids is 1. The number of aliphatic hydroxyl groups excluding tert-OH is 1. The van der Waals surface area contributed by atoms with Gasteiger partial charge in [-0.1, -0.05) is 26.0 Å². The predicted molar refractivity (Wildman–Crippen MR) is 112 cm³/mol. The third kappa shape index (κ3) is 3.43. The molecular weight excluding hydrogens is 368 g/mol. The quantitative estimate of drug-likeness (QED) is 0.560. The summed E-state index contributed by atoms with van der Waals surface area (Å²) in [5.41, 5.74) is 1.83. The molecule has 2 aliphatic rings. The maximum atomic E-state index is 12.2. The average Bonchev–Trinajstić information content (AvgIpc) is 2.72. The number of aliphatic hydroxyl groups is 1. The first-order valence-electron chi connectivity index (χ1n) is 10.5. The van der Waals surface area contributed by atoms with Gasteiger partial charge in [0.05, 0.1) is 19.8 Å². The van der Waals surface area contributed by atoms with Gasteiger partial charge in [-0.3, -0.25) is 0 Å². The molecule has 1 aromatic rings. The Kier molecular flexibility index (Phi) is 6.00. The summed E-state index contributed by atoms with van der Waals surface area (Å²) in [6.07, 6.45) is 5.71. The second kappa shape index (κ2) is 8.02. The third-order valence-electron chi connectivity index (χ3n) is 7.93. The van der Waals surface area contributed by atoms with E-state index < -0.39 is 11.4 Å². The zero-order valence-electron chi connectivity index (χ0n) is 18.1. The molecule has 2 N–H and O–H groups in total. The van der Waals surface area contributed by atoms with E-state index in [4.69, 9.17) is 9.47 Å². The lowest BCUT2D eigenvalue weighted by molar-refractivity contribution is -0.0925. The maximum absolute atomic E-state index is 12.2. The summed E-state index contributed by atoms with van der Waals surface area (Å²) < 4.78 is 10.2. The van der Waals surface area contributed by atoms with Crippen molar-refractivity contribution in [2.24, 2.45) is 22.7 Å². The Balaban J connectivity index is 2.10. The molecule has 3 rings (SSSR count). The van der Waals surface area contributed by atoms with Crippen molar-refractivity contribution in [3.63, 3.8) is 0 Å². The number of hydrogen-bond donors (Lipinski definition) is 2. The van der Waals surface area contributed by atoms with E-state index in [0.717, 1.165) is 32.1 Å². The lowest BCUT2D eigenvalue weighted by Gasteiger charge is -2.59. The SMILES string of the molecule is C=C1CCC[C@H]2[C@](CO)(Cc3cc(C(=O)OC)cc(OC)c3O)[C@H](C)CC[C@]12C. The molecule has 160 valence electrons. The molecule has 0 heterocycles. The molecule has 0 amide bonds. The van der Waals surface area contributed by atoms with Gasteiger partial charge in [0.2, 0.25) is 0 Å². The number of ether oxygens (including phenoxy) is 2. The highest BCUT2D eigenvalue weighted by atomic mass is 16.5. The second-order valence-corrected chi connectivity index (χ2v) is 9.15. The highest BCUT2D eigenvalue weighted by molar-refractivity contribution is 5.90. The van der Waals surface area contributed by atoms with Crippen molar-refractivity contribution in [1.29, 1.82) is 0 Å². The van der Waals surface area contributed by atoms with Gasteiger partial charge in [-0.05, 0) is 73.5 Å². The molecule has 0 bridgehead atoms. The fraction of sp³-hybridized carbons (Fsp3) is 0.625. The summed E-state index contributed by atoms with van der Waals surface area (Å²) in [5, 5.41) is 21.6. The van der Waals surface area contributed by atoms with E-state index in [1.807, 2.05) is 0 Å². The Bertz CT molecular complexity index is 801. The molecule has 0 saturated heterocycles. The summed E-state index contributed by atoms with van der Waals surface area (Å²) in [4.78, 5) is 12.2. The van der Waals surface area contributed by atoms with Gasteiger partial charge in [0.25, 0.3) is 0 Å². The van der Waals surface area contributed by atoms with Gasteiger partial charge in [-0.2, -0.15) is 0 Å². The van der Waals surface area contributed by atoms with Crippen LogP contribution in [0.4, 0.5) is 0 Å². The van der Waals surface area contributed by atoms with Crippen LogP contribution < -0.4 is 4.74 Å². The number of hydrogen-bond acceptors (Lipinski definition) is 5. The summed E-state index contributed by atoms with van der Waals surface area (Å²) in [6.45, 7) is 8.91. The van der Waals surface area contributed by atoms with Crippen LogP contribution in [0, 0.1) is 22.7 Å². The standard InChI is InChI=1S/C24H34O5/c1-15-7-6-8-20-23(15,3)10-9-16(2)24(20,14-25)13-18-11-17(22(27)29-5)12-19(28-4)21(18)26/h11-12,16,20,25-26H,1,6-10,13-14H2,2-5H3/t16-,20-,23-,24+/m1/s1. The first-order chi connectivity index (χ1) is 13.7. The molecule has 29 heavy (non-hydrogen) atoms. The van der Waals surface area contributed by atoms with E-state index in [9.17, 15) is 15.0 Å². The van der Waals surface area contributed by atoms with E-state index in [1.165, 1.54) is 25.9 Å². The minimum Gasteiger partial charge on any atom is -0.504 e. The molecule has 5 heteroatoms.